The van der Waals surface area contributed by atoms with Crippen LogP contribution in [0.1, 0.15) is 25.7 Å². The fourth-order valence-electron chi connectivity index (χ4n) is 3.35. The third kappa shape index (κ3) is 4.69. The maximum Gasteiger partial charge on any atom is 0.267 e. The van der Waals surface area contributed by atoms with Crippen LogP contribution in [0.15, 0.2) is 30.3 Å². The minimum Gasteiger partial charge on any atom is -0.493 e. The molecule has 0 saturated carbocycles. The number of thiazole rings is 1. The van der Waals surface area contributed by atoms with Gasteiger partial charge in [0.1, 0.15) is 18.1 Å². The zero-order valence-electron chi connectivity index (χ0n) is 19.0. The van der Waals surface area contributed by atoms with Crippen molar-refractivity contribution >= 4 is 34.0 Å². The van der Waals surface area contributed by atoms with E-state index < -0.39 is 5.91 Å². The number of fused-ring (bicyclic) bond motifs is 1. The van der Waals surface area contributed by atoms with E-state index in [2.05, 4.69) is 15.6 Å². The Morgan fingerprint density at radius 2 is 1.59 bits per heavy atom. The van der Waals surface area contributed by atoms with E-state index in [0.29, 0.717) is 58.2 Å². The van der Waals surface area contributed by atoms with Gasteiger partial charge in [-0.1, -0.05) is 11.3 Å². The molecular weight excluding hydrogens is 462 g/mol. The van der Waals surface area contributed by atoms with E-state index in [1.807, 2.05) is 0 Å². The topological polar surface area (TPSA) is 117 Å². The molecule has 0 aliphatic carbocycles. The Balaban J connectivity index is 1.50. The minimum atomic E-state index is -0.438. The van der Waals surface area contributed by atoms with E-state index in [0.717, 1.165) is 11.3 Å². The van der Waals surface area contributed by atoms with Gasteiger partial charge in [-0.2, -0.15) is 0 Å². The summed E-state index contributed by atoms with van der Waals surface area (Å²) in [7, 11) is 4.42. The molecule has 0 radical (unpaired) electrons. The summed E-state index contributed by atoms with van der Waals surface area (Å²) in [6.45, 7) is 2.64. The number of aryl methyl sites for hydroxylation is 1. The van der Waals surface area contributed by atoms with Gasteiger partial charge in [-0.15, -0.1) is 0 Å². The number of nitrogens with zero attached hydrogens (tertiary/aromatic N) is 1. The number of hydrogen-bond acceptors (Lipinski definition) is 9. The number of benzene rings is 2. The Bertz CT molecular complexity index is 1220. The monoisotopic (exact) mass is 485 g/mol. The standard InChI is InChI=1S/C23H23N3O7S/c1-12-20(22(28)25-14-5-6-15-16(11-14)33-8-7-32-15)34-23(24-12)26-21(27)13-9-17(29-2)19(31-4)18(10-13)30-3/h5-6,9-11H,7-8H2,1-4H3,(H,25,28)(H,24,26,27). The summed E-state index contributed by atoms with van der Waals surface area (Å²) in [6.07, 6.45) is 0. The molecule has 11 heteroatoms. The van der Waals surface area contributed by atoms with Crippen LogP contribution in [0.2, 0.25) is 0 Å². The second-order valence-corrected chi connectivity index (χ2v) is 8.11. The number of hydrogen-bond donors (Lipinski definition) is 2. The molecule has 0 saturated heterocycles. The second-order valence-electron chi connectivity index (χ2n) is 7.11. The molecule has 4 rings (SSSR count). The number of carbonyl (C=O) groups excluding carboxylic acids is 2. The Morgan fingerprint density at radius 1 is 0.912 bits per heavy atom. The van der Waals surface area contributed by atoms with Crippen molar-refractivity contribution in [1.82, 2.24) is 4.98 Å². The van der Waals surface area contributed by atoms with Crippen LogP contribution in [0.25, 0.3) is 0 Å². The predicted octanol–water partition coefficient (Wildman–Crippen LogP) is 3.75. The molecule has 1 aromatic heterocycles. The summed E-state index contributed by atoms with van der Waals surface area (Å²) >= 11 is 1.07. The SMILES string of the molecule is COc1cc(C(=O)Nc2nc(C)c(C(=O)Nc3ccc4c(c3)OCCO4)s2)cc(OC)c1OC. The van der Waals surface area contributed by atoms with Gasteiger partial charge < -0.3 is 29.0 Å². The van der Waals surface area contributed by atoms with Crippen LogP contribution in [-0.4, -0.2) is 51.3 Å². The maximum atomic E-state index is 12.8. The van der Waals surface area contributed by atoms with E-state index in [4.69, 9.17) is 23.7 Å². The fraction of sp³-hybridized carbons (Fsp3) is 0.261. The fourth-order valence-corrected chi connectivity index (χ4v) is 4.21. The van der Waals surface area contributed by atoms with E-state index in [9.17, 15) is 9.59 Å². The lowest BCUT2D eigenvalue weighted by molar-refractivity contribution is 0.101. The second kappa shape index (κ2) is 9.87. The number of rotatable bonds is 7. The average molecular weight is 486 g/mol. The first-order chi connectivity index (χ1) is 16.4. The van der Waals surface area contributed by atoms with Crippen LogP contribution in [-0.2, 0) is 0 Å². The Kier molecular flexibility index (Phi) is 6.73. The zero-order chi connectivity index (χ0) is 24.2. The number of methoxy groups -OCH3 is 3. The lowest BCUT2D eigenvalue weighted by Crippen LogP contribution is -2.16. The van der Waals surface area contributed by atoms with Crippen molar-refractivity contribution in [3.8, 4) is 28.7 Å². The summed E-state index contributed by atoms with van der Waals surface area (Å²) in [5.41, 5.74) is 1.33. The highest BCUT2D eigenvalue weighted by Crippen LogP contribution is 2.38. The van der Waals surface area contributed by atoms with Crippen LogP contribution in [0.3, 0.4) is 0 Å². The third-order valence-corrected chi connectivity index (χ3v) is 6.02. The molecule has 178 valence electrons. The van der Waals surface area contributed by atoms with Gasteiger partial charge in [0.05, 0.1) is 27.0 Å². The van der Waals surface area contributed by atoms with Crippen LogP contribution >= 0.6 is 11.3 Å². The van der Waals surface area contributed by atoms with Crippen molar-refractivity contribution in [2.24, 2.45) is 0 Å². The minimum absolute atomic E-state index is 0.281. The highest BCUT2D eigenvalue weighted by atomic mass is 32.1. The summed E-state index contributed by atoms with van der Waals surface area (Å²) in [5, 5.41) is 5.83. The molecule has 1 aliphatic heterocycles. The molecule has 2 amide bonds. The third-order valence-electron chi connectivity index (χ3n) is 4.95. The molecule has 0 fully saturated rings. The average Bonchev–Trinajstić information content (AvgIpc) is 3.22. The first kappa shape index (κ1) is 23.2. The smallest absolute Gasteiger partial charge is 0.267 e. The lowest BCUT2D eigenvalue weighted by Gasteiger charge is -2.18. The van der Waals surface area contributed by atoms with Gasteiger partial charge in [-0.3, -0.25) is 14.9 Å². The number of anilines is 2. The number of ether oxygens (including phenoxy) is 5. The van der Waals surface area contributed by atoms with Crippen molar-refractivity contribution < 1.29 is 33.3 Å². The van der Waals surface area contributed by atoms with Crippen molar-refractivity contribution in [3.05, 3.63) is 46.5 Å². The van der Waals surface area contributed by atoms with E-state index in [1.165, 1.54) is 33.5 Å². The van der Waals surface area contributed by atoms with E-state index >= 15 is 0 Å². The van der Waals surface area contributed by atoms with Crippen LogP contribution in [0.5, 0.6) is 28.7 Å². The maximum absolute atomic E-state index is 12.8. The highest BCUT2D eigenvalue weighted by molar-refractivity contribution is 7.17. The summed E-state index contributed by atoms with van der Waals surface area (Å²) in [6, 6.07) is 8.25. The number of nitrogens with one attached hydrogen (secondary N) is 2. The first-order valence-corrected chi connectivity index (χ1v) is 11.0. The highest BCUT2D eigenvalue weighted by Gasteiger charge is 2.21. The van der Waals surface area contributed by atoms with Crippen LogP contribution in [0, 0.1) is 6.92 Å². The molecule has 10 nitrogen and oxygen atoms in total. The van der Waals surface area contributed by atoms with Crippen molar-refractivity contribution in [2.75, 3.05) is 45.2 Å². The Morgan fingerprint density at radius 3 is 2.24 bits per heavy atom. The zero-order valence-corrected chi connectivity index (χ0v) is 19.8. The molecule has 0 spiro atoms. The predicted molar refractivity (Wildman–Crippen MR) is 126 cm³/mol. The van der Waals surface area contributed by atoms with E-state index in [-0.39, 0.29) is 16.6 Å². The van der Waals surface area contributed by atoms with Gasteiger partial charge >= 0.3 is 0 Å². The molecule has 2 N–H and O–H groups in total. The quantitative estimate of drug-likeness (QED) is 0.520. The normalized spacial score (nSPS) is 12.0. The van der Waals surface area contributed by atoms with Crippen molar-refractivity contribution in [2.45, 2.75) is 6.92 Å². The lowest BCUT2D eigenvalue weighted by atomic mass is 10.1. The number of amides is 2. The molecule has 2 heterocycles. The van der Waals surface area contributed by atoms with Crippen molar-refractivity contribution in [1.29, 1.82) is 0 Å². The van der Waals surface area contributed by atoms with Crippen molar-refractivity contribution in [3.63, 3.8) is 0 Å². The largest absolute Gasteiger partial charge is 0.493 e. The molecule has 0 atom stereocenters. The van der Waals surface area contributed by atoms with E-state index in [1.54, 1.807) is 25.1 Å². The molecule has 0 bridgehead atoms. The molecule has 34 heavy (non-hydrogen) atoms. The Hall–Kier alpha value is -3.99. The molecule has 0 unspecified atom stereocenters. The first-order valence-electron chi connectivity index (χ1n) is 10.2. The van der Waals surface area contributed by atoms with Gasteiger partial charge in [0.15, 0.2) is 28.1 Å². The molecule has 3 aromatic rings. The van der Waals surface area contributed by atoms with Gasteiger partial charge in [0, 0.05) is 17.3 Å². The van der Waals surface area contributed by atoms with Crippen LogP contribution in [0.4, 0.5) is 10.8 Å². The van der Waals surface area contributed by atoms with Gasteiger partial charge in [0.25, 0.3) is 11.8 Å². The Labute approximate surface area is 199 Å². The molecule has 1 aliphatic rings. The van der Waals surface area contributed by atoms with Crippen LogP contribution < -0.4 is 34.3 Å². The number of carbonyl (C=O) groups is 2. The number of aromatic nitrogens is 1. The molecular formula is C23H23N3O7S. The van der Waals surface area contributed by atoms with Gasteiger partial charge in [-0.05, 0) is 31.2 Å². The summed E-state index contributed by atoms with van der Waals surface area (Å²) < 4.78 is 26.9. The summed E-state index contributed by atoms with van der Waals surface area (Å²) in [4.78, 5) is 30.4. The summed E-state index contributed by atoms with van der Waals surface area (Å²) in [5.74, 6) is 1.50. The molecule has 2 aromatic carbocycles. The van der Waals surface area contributed by atoms with Gasteiger partial charge in [-0.25, -0.2) is 4.98 Å². The van der Waals surface area contributed by atoms with Gasteiger partial charge in [0.2, 0.25) is 5.75 Å².